The summed E-state index contributed by atoms with van der Waals surface area (Å²) in [7, 11) is -2.50. The molecule has 2 aromatic rings. The number of rotatable bonds is 5. The first-order valence-corrected chi connectivity index (χ1v) is 7.90. The van der Waals surface area contributed by atoms with Crippen LogP contribution in [-0.2, 0) is 10.1 Å². The Hall–Kier alpha value is -1.86. The average Bonchev–Trinajstić information content (AvgIpc) is 2.92. The number of hydrogen-bond donors (Lipinski definition) is 0. The van der Waals surface area contributed by atoms with Crippen LogP contribution in [0.1, 0.15) is 17.3 Å². The second kappa shape index (κ2) is 5.64. The van der Waals surface area contributed by atoms with Crippen molar-refractivity contribution in [1.82, 2.24) is 0 Å². The van der Waals surface area contributed by atoms with Crippen molar-refractivity contribution in [3.05, 3.63) is 41.3 Å². The summed E-state index contributed by atoms with van der Waals surface area (Å²) in [5, 5.41) is 1.63. The number of hydrogen-bond acceptors (Lipinski definition) is 6. The van der Waals surface area contributed by atoms with Gasteiger partial charge < -0.3 is 8.92 Å². The number of thiophene rings is 1. The molecule has 0 saturated carbocycles. The van der Waals surface area contributed by atoms with E-state index in [9.17, 15) is 13.2 Å². The molecule has 0 saturated heterocycles. The molecule has 0 radical (unpaired) electrons. The van der Waals surface area contributed by atoms with Crippen LogP contribution in [0.25, 0.3) is 0 Å². The van der Waals surface area contributed by atoms with Gasteiger partial charge in [-0.15, -0.1) is 11.3 Å². The van der Waals surface area contributed by atoms with Crippen molar-refractivity contribution < 1.29 is 22.1 Å². The molecule has 1 aromatic heterocycles. The Labute approximate surface area is 120 Å². The van der Waals surface area contributed by atoms with Gasteiger partial charge in [0.2, 0.25) is 0 Å². The maximum Gasteiger partial charge on any atom is 0.348 e. The third-order valence-corrected chi connectivity index (χ3v) is 5.10. The van der Waals surface area contributed by atoms with Crippen molar-refractivity contribution in [3.8, 4) is 11.5 Å². The Kier molecular flexibility index (Phi) is 4.10. The van der Waals surface area contributed by atoms with Crippen molar-refractivity contribution in [2.45, 2.75) is 11.1 Å². The average molecular weight is 312 g/mol. The van der Waals surface area contributed by atoms with E-state index in [1.54, 1.807) is 17.5 Å². The van der Waals surface area contributed by atoms with E-state index in [2.05, 4.69) is 0 Å². The highest BCUT2D eigenvalue weighted by Gasteiger charge is 2.21. The third-order valence-electron chi connectivity index (χ3n) is 2.51. The van der Waals surface area contributed by atoms with Crippen molar-refractivity contribution in [3.63, 3.8) is 0 Å². The second-order valence-electron chi connectivity index (χ2n) is 3.89. The summed E-state index contributed by atoms with van der Waals surface area (Å²) >= 11 is 1.04. The second-order valence-corrected chi connectivity index (χ2v) is 6.61. The summed E-state index contributed by atoms with van der Waals surface area (Å²) in [6, 6.07) is 7.47. The number of methoxy groups -OCH3 is 1. The number of carbonyl (C=O) groups is 1. The van der Waals surface area contributed by atoms with E-state index >= 15 is 0 Å². The molecule has 106 valence electrons. The van der Waals surface area contributed by atoms with Gasteiger partial charge in [0.15, 0.2) is 15.7 Å². The van der Waals surface area contributed by atoms with Crippen LogP contribution < -0.4 is 8.92 Å². The number of carbonyl (C=O) groups excluding carboxylic acids is 1. The molecule has 5 nitrogen and oxygen atoms in total. The molecule has 0 aliphatic rings. The van der Waals surface area contributed by atoms with Gasteiger partial charge in [-0.05, 0) is 30.5 Å². The standard InChI is InChI=1S/C13H12O5S2/c1-9(14)11-6-5-10(17-2)8-12(11)18-20(15,16)13-4-3-7-19-13/h3-8H,1-2H3. The molecule has 0 N–H and O–H groups in total. The molecule has 0 aliphatic heterocycles. The summed E-state index contributed by atoms with van der Waals surface area (Å²) in [5.41, 5.74) is 0.186. The fourth-order valence-corrected chi connectivity index (χ4v) is 3.44. The first-order chi connectivity index (χ1) is 9.44. The Balaban J connectivity index is 2.44. The summed E-state index contributed by atoms with van der Waals surface area (Å²) in [5.74, 6) is 0.0839. The SMILES string of the molecule is COc1ccc(C(C)=O)c(OS(=O)(=O)c2cccs2)c1. The largest absolute Gasteiger partial charge is 0.497 e. The van der Waals surface area contributed by atoms with Gasteiger partial charge in [-0.3, -0.25) is 4.79 Å². The molecule has 1 heterocycles. The summed E-state index contributed by atoms with van der Waals surface area (Å²) in [6.07, 6.45) is 0. The summed E-state index contributed by atoms with van der Waals surface area (Å²) < 4.78 is 34.3. The fourth-order valence-electron chi connectivity index (χ4n) is 1.55. The highest BCUT2D eigenvalue weighted by molar-refractivity contribution is 7.89. The molecule has 0 unspecified atom stereocenters. The minimum absolute atomic E-state index is 0.0368. The van der Waals surface area contributed by atoms with Gasteiger partial charge in [-0.1, -0.05) is 6.07 Å². The Morgan fingerprint density at radius 2 is 2.00 bits per heavy atom. The Morgan fingerprint density at radius 1 is 1.25 bits per heavy atom. The first-order valence-electron chi connectivity index (χ1n) is 5.61. The lowest BCUT2D eigenvalue weighted by molar-refractivity contribution is 0.101. The predicted octanol–water partition coefficient (Wildman–Crippen LogP) is 2.73. The van der Waals surface area contributed by atoms with Gasteiger partial charge in [0, 0.05) is 6.07 Å². The van der Waals surface area contributed by atoms with Crippen molar-refractivity contribution in [2.75, 3.05) is 7.11 Å². The summed E-state index contributed by atoms with van der Waals surface area (Å²) in [6.45, 7) is 1.34. The lowest BCUT2D eigenvalue weighted by Crippen LogP contribution is -2.10. The molecule has 2 rings (SSSR count). The van der Waals surface area contributed by atoms with Crippen molar-refractivity contribution in [2.24, 2.45) is 0 Å². The van der Waals surface area contributed by atoms with E-state index in [1.807, 2.05) is 0 Å². The van der Waals surface area contributed by atoms with E-state index < -0.39 is 10.1 Å². The van der Waals surface area contributed by atoms with Crippen LogP contribution in [0.3, 0.4) is 0 Å². The molecule has 0 spiro atoms. The van der Waals surface area contributed by atoms with E-state index in [0.717, 1.165) is 11.3 Å². The van der Waals surface area contributed by atoms with Crippen LogP contribution in [0.15, 0.2) is 39.9 Å². The maximum atomic E-state index is 12.1. The van der Waals surface area contributed by atoms with Gasteiger partial charge in [0.25, 0.3) is 0 Å². The monoisotopic (exact) mass is 312 g/mol. The normalized spacial score (nSPS) is 11.1. The zero-order valence-corrected chi connectivity index (χ0v) is 12.5. The van der Waals surface area contributed by atoms with Crippen molar-refractivity contribution >= 4 is 27.2 Å². The maximum absolute atomic E-state index is 12.1. The highest BCUT2D eigenvalue weighted by atomic mass is 32.3. The number of ketones is 1. The van der Waals surface area contributed by atoms with Gasteiger partial charge in [-0.25, -0.2) is 0 Å². The van der Waals surface area contributed by atoms with Crippen LogP contribution >= 0.6 is 11.3 Å². The smallest absolute Gasteiger partial charge is 0.348 e. The molecule has 0 aliphatic carbocycles. The zero-order chi connectivity index (χ0) is 14.8. The summed E-state index contributed by atoms with van der Waals surface area (Å²) in [4.78, 5) is 11.5. The van der Waals surface area contributed by atoms with E-state index in [-0.39, 0.29) is 21.3 Å². The minimum atomic E-state index is -3.94. The quantitative estimate of drug-likeness (QED) is 0.627. The molecular weight excluding hydrogens is 300 g/mol. The zero-order valence-electron chi connectivity index (χ0n) is 10.8. The Bertz CT molecular complexity index is 717. The number of Topliss-reactive ketones (excluding diaryl/α,β-unsaturated/α-hetero) is 1. The fraction of sp³-hybridized carbons (Fsp3) is 0.154. The molecule has 20 heavy (non-hydrogen) atoms. The Morgan fingerprint density at radius 3 is 2.55 bits per heavy atom. The molecule has 0 amide bonds. The predicted molar refractivity (Wildman–Crippen MR) is 75.1 cm³/mol. The van der Waals surface area contributed by atoms with Crippen LogP contribution in [0.5, 0.6) is 11.5 Å². The highest BCUT2D eigenvalue weighted by Crippen LogP contribution is 2.29. The van der Waals surface area contributed by atoms with E-state index in [0.29, 0.717) is 5.75 Å². The lowest BCUT2D eigenvalue weighted by atomic mass is 10.1. The van der Waals surface area contributed by atoms with E-state index in [4.69, 9.17) is 8.92 Å². The number of benzene rings is 1. The van der Waals surface area contributed by atoms with Gasteiger partial charge >= 0.3 is 10.1 Å². The molecule has 0 fully saturated rings. The lowest BCUT2D eigenvalue weighted by Gasteiger charge is -2.10. The number of ether oxygens (including phenoxy) is 1. The minimum Gasteiger partial charge on any atom is -0.497 e. The van der Waals surface area contributed by atoms with Gasteiger partial charge in [0.05, 0.1) is 12.7 Å². The topological polar surface area (TPSA) is 69.7 Å². The van der Waals surface area contributed by atoms with Gasteiger partial charge in [0.1, 0.15) is 5.75 Å². The van der Waals surface area contributed by atoms with Crippen LogP contribution in [0.2, 0.25) is 0 Å². The molecule has 1 aromatic carbocycles. The molecular formula is C13H12O5S2. The van der Waals surface area contributed by atoms with Gasteiger partial charge in [-0.2, -0.15) is 8.42 Å². The van der Waals surface area contributed by atoms with Crippen molar-refractivity contribution in [1.29, 1.82) is 0 Å². The van der Waals surface area contributed by atoms with Crippen LogP contribution in [-0.4, -0.2) is 21.3 Å². The third kappa shape index (κ3) is 3.00. The molecule has 7 heteroatoms. The van der Waals surface area contributed by atoms with Crippen LogP contribution in [0.4, 0.5) is 0 Å². The van der Waals surface area contributed by atoms with E-state index in [1.165, 1.54) is 32.2 Å². The molecule has 0 bridgehead atoms. The molecule has 0 atom stereocenters. The first kappa shape index (κ1) is 14.5. The van der Waals surface area contributed by atoms with Crippen LogP contribution in [0, 0.1) is 0 Å².